The number of fused-ring (bicyclic) bond motifs is 3. The second-order valence-corrected chi connectivity index (χ2v) is 7.88. The van der Waals surface area contributed by atoms with E-state index in [1.165, 1.54) is 12.1 Å². The third kappa shape index (κ3) is 3.15. The Bertz CT molecular complexity index is 1150. The first-order valence-electron chi connectivity index (χ1n) is 10.4. The van der Waals surface area contributed by atoms with Gasteiger partial charge >= 0.3 is 0 Å². The molecule has 0 spiro atoms. The van der Waals surface area contributed by atoms with Crippen molar-refractivity contribution in [2.75, 3.05) is 31.1 Å². The summed E-state index contributed by atoms with van der Waals surface area (Å²) in [6, 6.07) is 22.6. The van der Waals surface area contributed by atoms with Crippen LogP contribution >= 0.6 is 0 Å². The molecule has 5 heteroatoms. The van der Waals surface area contributed by atoms with E-state index in [4.69, 9.17) is 0 Å². The molecule has 0 saturated carbocycles. The third-order valence-electron chi connectivity index (χ3n) is 6.21. The predicted molar refractivity (Wildman–Crippen MR) is 120 cm³/mol. The maximum atomic E-state index is 13.6. The number of hydrogen-bond donors (Lipinski definition) is 0. The summed E-state index contributed by atoms with van der Waals surface area (Å²) in [4.78, 5) is 18.1. The fourth-order valence-electron chi connectivity index (χ4n) is 4.52. The van der Waals surface area contributed by atoms with Crippen LogP contribution in [0.4, 0.5) is 10.1 Å². The molecule has 30 heavy (non-hydrogen) atoms. The quantitative estimate of drug-likeness (QED) is 0.494. The number of rotatable bonds is 3. The molecule has 4 nitrogen and oxygen atoms in total. The predicted octanol–water partition coefficient (Wildman–Crippen LogP) is 4.78. The van der Waals surface area contributed by atoms with Crippen LogP contribution in [0.15, 0.2) is 72.8 Å². The van der Waals surface area contributed by atoms with Gasteiger partial charge in [-0.25, -0.2) is 4.39 Å². The Morgan fingerprint density at radius 3 is 1.90 bits per heavy atom. The van der Waals surface area contributed by atoms with Crippen LogP contribution in [-0.4, -0.2) is 47.6 Å². The highest BCUT2D eigenvalue weighted by Crippen LogP contribution is 2.29. The number of para-hydroxylation sites is 2. The van der Waals surface area contributed by atoms with Gasteiger partial charge in [0.1, 0.15) is 5.82 Å². The zero-order chi connectivity index (χ0) is 20.7. The van der Waals surface area contributed by atoms with E-state index in [0.717, 1.165) is 53.7 Å². The molecule has 1 fully saturated rings. The summed E-state index contributed by atoms with van der Waals surface area (Å²) < 4.78 is 15.1. The van der Waals surface area contributed by atoms with Gasteiger partial charge in [0.05, 0.1) is 17.1 Å². The van der Waals surface area contributed by atoms with Crippen LogP contribution in [-0.2, 0) is 0 Å². The minimum absolute atomic E-state index is 0.0997. The van der Waals surface area contributed by atoms with Gasteiger partial charge in [0.25, 0.3) is 0 Å². The molecule has 2 heterocycles. The van der Waals surface area contributed by atoms with E-state index in [9.17, 15) is 9.18 Å². The van der Waals surface area contributed by atoms with Crippen molar-refractivity contribution in [2.45, 2.75) is 13.0 Å². The molecule has 3 aromatic carbocycles. The van der Waals surface area contributed by atoms with Gasteiger partial charge in [-0.1, -0.05) is 36.4 Å². The monoisotopic (exact) mass is 401 g/mol. The van der Waals surface area contributed by atoms with E-state index in [0.29, 0.717) is 0 Å². The van der Waals surface area contributed by atoms with Crippen molar-refractivity contribution in [3.63, 3.8) is 0 Å². The fraction of sp³-hybridized carbons (Fsp3) is 0.240. The second-order valence-electron chi connectivity index (χ2n) is 7.88. The standard InChI is InChI=1S/C25H24FN3O/c1-18(27-14-16-28(17-15-27)20-12-10-19(26)11-13-20)25(30)29-23-8-4-2-6-21(23)22-7-3-5-9-24(22)29/h2-13,18H,14-17H2,1H3/t18-/m0/s1. The number of carbonyl (C=O) groups is 1. The normalized spacial score (nSPS) is 16.3. The first kappa shape index (κ1) is 18.8. The van der Waals surface area contributed by atoms with Gasteiger partial charge in [0.15, 0.2) is 0 Å². The first-order valence-corrected chi connectivity index (χ1v) is 10.4. The lowest BCUT2D eigenvalue weighted by molar-refractivity contribution is 0.0753. The highest BCUT2D eigenvalue weighted by molar-refractivity contribution is 6.13. The average molecular weight is 401 g/mol. The fourth-order valence-corrected chi connectivity index (χ4v) is 4.52. The van der Waals surface area contributed by atoms with Crippen molar-refractivity contribution < 1.29 is 9.18 Å². The number of benzene rings is 3. The second kappa shape index (κ2) is 7.58. The lowest BCUT2D eigenvalue weighted by atomic mass is 10.2. The van der Waals surface area contributed by atoms with Crippen LogP contribution in [0.25, 0.3) is 21.8 Å². The Labute approximate surface area is 175 Å². The molecule has 1 atom stereocenters. The highest BCUT2D eigenvalue weighted by Gasteiger charge is 2.28. The average Bonchev–Trinajstić information content (AvgIpc) is 3.13. The molecular weight excluding hydrogens is 377 g/mol. The highest BCUT2D eigenvalue weighted by atomic mass is 19.1. The molecule has 0 N–H and O–H groups in total. The Balaban J connectivity index is 1.39. The summed E-state index contributed by atoms with van der Waals surface area (Å²) in [5.74, 6) is -0.120. The van der Waals surface area contributed by atoms with E-state index in [1.807, 2.05) is 60.0 Å². The van der Waals surface area contributed by atoms with Gasteiger partial charge in [-0.3, -0.25) is 14.3 Å². The molecule has 1 saturated heterocycles. The van der Waals surface area contributed by atoms with Gasteiger partial charge in [-0.15, -0.1) is 0 Å². The molecule has 5 rings (SSSR count). The van der Waals surface area contributed by atoms with Crippen LogP contribution in [0.2, 0.25) is 0 Å². The number of anilines is 1. The maximum Gasteiger partial charge on any atom is 0.248 e. The SMILES string of the molecule is C[C@@H](C(=O)n1c2ccccc2c2ccccc21)N1CCN(c2ccc(F)cc2)CC1. The van der Waals surface area contributed by atoms with Crippen LogP contribution in [0, 0.1) is 5.82 Å². The Morgan fingerprint density at radius 1 is 0.800 bits per heavy atom. The zero-order valence-electron chi connectivity index (χ0n) is 17.0. The molecule has 1 aromatic heterocycles. The van der Waals surface area contributed by atoms with Gasteiger partial charge in [0.2, 0.25) is 5.91 Å². The van der Waals surface area contributed by atoms with Crippen molar-refractivity contribution in [3.8, 4) is 0 Å². The number of aromatic nitrogens is 1. The van der Waals surface area contributed by atoms with E-state index in [2.05, 4.69) is 21.9 Å². The van der Waals surface area contributed by atoms with Crippen molar-refractivity contribution in [1.29, 1.82) is 0 Å². The Kier molecular flexibility index (Phi) is 4.75. The number of piperazine rings is 1. The summed E-state index contributed by atoms with van der Waals surface area (Å²) >= 11 is 0. The topological polar surface area (TPSA) is 28.5 Å². The van der Waals surface area contributed by atoms with E-state index in [-0.39, 0.29) is 17.8 Å². The maximum absolute atomic E-state index is 13.6. The summed E-state index contributed by atoms with van der Waals surface area (Å²) in [6.45, 7) is 5.22. The van der Waals surface area contributed by atoms with E-state index in [1.54, 1.807) is 0 Å². The number of carbonyl (C=O) groups excluding carboxylic acids is 1. The lowest BCUT2D eigenvalue weighted by Gasteiger charge is -2.38. The molecule has 0 radical (unpaired) electrons. The largest absolute Gasteiger partial charge is 0.369 e. The van der Waals surface area contributed by atoms with E-state index < -0.39 is 0 Å². The summed E-state index contributed by atoms with van der Waals surface area (Å²) in [5.41, 5.74) is 2.94. The first-order chi connectivity index (χ1) is 14.6. The third-order valence-corrected chi connectivity index (χ3v) is 6.21. The van der Waals surface area contributed by atoms with Crippen molar-refractivity contribution in [2.24, 2.45) is 0 Å². The molecule has 0 amide bonds. The summed E-state index contributed by atoms with van der Waals surface area (Å²) in [6.07, 6.45) is 0. The van der Waals surface area contributed by atoms with Crippen LogP contribution in [0.1, 0.15) is 11.7 Å². The Morgan fingerprint density at radius 2 is 1.33 bits per heavy atom. The van der Waals surface area contributed by atoms with Crippen LogP contribution in [0.5, 0.6) is 0 Å². The van der Waals surface area contributed by atoms with Crippen molar-refractivity contribution in [3.05, 3.63) is 78.6 Å². The van der Waals surface area contributed by atoms with Crippen LogP contribution < -0.4 is 4.90 Å². The van der Waals surface area contributed by atoms with Gasteiger partial charge in [-0.05, 0) is 43.3 Å². The lowest BCUT2D eigenvalue weighted by Crippen LogP contribution is -2.52. The summed E-state index contributed by atoms with van der Waals surface area (Å²) in [5, 5.41) is 2.21. The van der Waals surface area contributed by atoms with Crippen molar-refractivity contribution in [1.82, 2.24) is 9.47 Å². The smallest absolute Gasteiger partial charge is 0.248 e. The number of hydrogen-bond acceptors (Lipinski definition) is 3. The van der Waals surface area contributed by atoms with Gasteiger partial charge in [0, 0.05) is 42.6 Å². The van der Waals surface area contributed by atoms with Gasteiger partial charge in [-0.2, -0.15) is 0 Å². The molecule has 1 aliphatic heterocycles. The molecule has 0 aliphatic carbocycles. The van der Waals surface area contributed by atoms with Gasteiger partial charge < -0.3 is 4.90 Å². The molecule has 0 unspecified atom stereocenters. The molecule has 152 valence electrons. The zero-order valence-corrected chi connectivity index (χ0v) is 17.0. The number of nitrogens with zero attached hydrogens (tertiary/aromatic N) is 3. The minimum atomic E-state index is -0.223. The molecule has 0 bridgehead atoms. The van der Waals surface area contributed by atoms with Crippen LogP contribution in [0.3, 0.4) is 0 Å². The Hall–Kier alpha value is -3.18. The minimum Gasteiger partial charge on any atom is -0.369 e. The molecule has 1 aliphatic rings. The van der Waals surface area contributed by atoms with Crippen molar-refractivity contribution >= 4 is 33.4 Å². The van der Waals surface area contributed by atoms with E-state index >= 15 is 0 Å². The molecule has 4 aromatic rings. The molecular formula is C25H24FN3O. The number of halogens is 1. The summed E-state index contributed by atoms with van der Waals surface area (Å²) in [7, 11) is 0.